The monoisotopic (exact) mass is 362 g/mol. The average molecular weight is 362 g/mol. The van der Waals surface area contributed by atoms with Gasteiger partial charge in [-0.3, -0.25) is 0 Å². The van der Waals surface area contributed by atoms with E-state index in [2.05, 4.69) is 26.1 Å². The van der Waals surface area contributed by atoms with Crippen LogP contribution >= 0.6 is 0 Å². The van der Waals surface area contributed by atoms with Crippen molar-refractivity contribution in [3.8, 4) is 0 Å². The first kappa shape index (κ1) is 17.3. The van der Waals surface area contributed by atoms with Crippen molar-refractivity contribution in [2.24, 2.45) is 5.73 Å². The molecule has 9 nitrogen and oxygen atoms in total. The minimum Gasteiger partial charge on any atom is -0.465 e. The van der Waals surface area contributed by atoms with Crippen molar-refractivity contribution in [1.29, 1.82) is 0 Å². The van der Waals surface area contributed by atoms with Crippen LogP contribution in [0.3, 0.4) is 0 Å². The number of carbonyl (C=O) groups is 1. The maximum absolute atomic E-state index is 11.2. The van der Waals surface area contributed by atoms with Gasteiger partial charge in [-0.05, 0) is 19.8 Å². The fourth-order valence-electron chi connectivity index (χ4n) is 4.24. The van der Waals surface area contributed by atoms with Gasteiger partial charge in [-0.2, -0.15) is 0 Å². The van der Waals surface area contributed by atoms with Crippen molar-refractivity contribution >= 4 is 17.6 Å². The third kappa shape index (κ3) is 3.16. The molecule has 0 aliphatic carbocycles. The molecule has 2 bridgehead atoms. The van der Waals surface area contributed by atoms with Crippen LogP contribution in [0.1, 0.15) is 25.5 Å². The lowest BCUT2D eigenvalue weighted by Gasteiger charge is -2.41. The molecule has 3 saturated heterocycles. The van der Waals surface area contributed by atoms with E-state index in [0.717, 1.165) is 43.1 Å². The maximum atomic E-state index is 11.2. The fourth-order valence-corrected chi connectivity index (χ4v) is 4.24. The SMILES string of the molecule is C[C@@H]1CN(C(=O)O)CCN1c1cc(N2CC3CCC(C2)O3)nnc1CN. The minimum absolute atomic E-state index is 0.0584. The molecule has 26 heavy (non-hydrogen) atoms. The number of morpholine rings is 1. The first-order chi connectivity index (χ1) is 12.5. The lowest BCUT2D eigenvalue weighted by atomic mass is 10.1. The van der Waals surface area contributed by atoms with Crippen LogP contribution in [0.5, 0.6) is 0 Å². The van der Waals surface area contributed by atoms with Crippen molar-refractivity contribution in [2.45, 2.75) is 44.6 Å². The largest absolute Gasteiger partial charge is 0.465 e. The Morgan fingerprint density at radius 3 is 2.62 bits per heavy atom. The first-order valence-electron chi connectivity index (χ1n) is 9.26. The molecule has 3 N–H and O–H groups in total. The second-order valence-electron chi connectivity index (χ2n) is 7.37. The summed E-state index contributed by atoms with van der Waals surface area (Å²) in [5.74, 6) is 0.852. The van der Waals surface area contributed by atoms with Crippen LogP contribution in [0.15, 0.2) is 6.07 Å². The molecule has 1 aromatic heterocycles. The summed E-state index contributed by atoms with van der Waals surface area (Å²) in [7, 11) is 0. The summed E-state index contributed by atoms with van der Waals surface area (Å²) >= 11 is 0. The zero-order valence-corrected chi connectivity index (χ0v) is 15.0. The summed E-state index contributed by atoms with van der Waals surface area (Å²) in [4.78, 5) is 17.2. The maximum Gasteiger partial charge on any atom is 0.407 e. The van der Waals surface area contributed by atoms with Gasteiger partial charge in [0.2, 0.25) is 0 Å². The van der Waals surface area contributed by atoms with E-state index in [0.29, 0.717) is 26.2 Å². The second kappa shape index (κ2) is 6.88. The van der Waals surface area contributed by atoms with Crippen LogP contribution in [0.2, 0.25) is 0 Å². The molecule has 1 aromatic rings. The minimum atomic E-state index is -0.868. The molecule has 3 fully saturated rings. The van der Waals surface area contributed by atoms with E-state index < -0.39 is 6.09 Å². The molecule has 0 spiro atoms. The summed E-state index contributed by atoms with van der Waals surface area (Å²) in [6, 6.07) is 2.12. The van der Waals surface area contributed by atoms with Gasteiger partial charge in [-0.1, -0.05) is 0 Å². The summed E-state index contributed by atoms with van der Waals surface area (Å²) in [6.07, 6.45) is 1.91. The quantitative estimate of drug-likeness (QED) is 0.800. The van der Waals surface area contributed by atoms with Gasteiger partial charge in [0.15, 0.2) is 5.82 Å². The van der Waals surface area contributed by atoms with Crippen LogP contribution < -0.4 is 15.5 Å². The highest BCUT2D eigenvalue weighted by Crippen LogP contribution is 2.31. The summed E-state index contributed by atoms with van der Waals surface area (Å²) in [6.45, 7) is 5.60. The average Bonchev–Trinajstić information content (AvgIpc) is 2.98. The van der Waals surface area contributed by atoms with Crippen LogP contribution in [0.25, 0.3) is 0 Å². The molecule has 2 unspecified atom stereocenters. The third-order valence-electron chi connectivity index (χ3n) is 5.60. The van der Waals surface area contributed by atoms with E-state index >= 15 is 0 Å². The Balaban J connectivity index is 1.58. The first-order valence-corrected chi connectivity index (χ1v) is 9.26. The third-order valence-corrected chi connectivity index (χ3v) is 5.60. The van der Waals surface area contributed by atoms with E-state index in [4.69, 9.17) is 10.5 Å². The van der Waals surface area contributed by atoms with Gasteiger partial charge in [0.25, 0.3) is 0 Å². The zero-order valence-electron chi connectivity index (χ0n) is 15.0. The van der Waals surface area contributed by atoms with Gasteiger partial charge < -0.3 is 30.3 Å². The van der Waals surface area contributed by atoms with Gasteiger partial charge >= 0.3 is 6.09 Å². The highest BCUT2D eigenvalue weighted by atomic mass is 16.5. The molecule has 1 amide bonds. The molecule has 0 saturated carbocycles. The van der Waals surface area contributed by atoms with Crippen LogP contribution in [-0.2, 0) is 11.3 Å². The Bertz CT molecular complexity index is 674. The predicted octanol–water partition coefficient (Wildman–Crippen LogP) is 0.491. The summed E-state index contributed by atoms with van der Waals surface area (Å²) in [5, 5.41) is 18.0. The Morgan fingerprint density at radius 2 is 2.00 bits per heavy atom. The number of anilines is 2. The lowest BCUT2D eigenvalue weighted by Crippen LogP contribution is -2.54. The standard InChI is InChI=1S/C17H26N6O3/c1-11-8-21(17(24)25)4-5-23(11)15-6-16(20-19-14(15)7-18)22-9-12-2-3-13(10-22)26-12/h6,11-13H,2-5,7-10,18H2,1H3,(H,24,25)/t11-,12?,13?/m1/s1. The van der Waals surface area contributed by atoms with Gasteiger partial charge in [-0.25, -0.2) is 4.79 Å². The molecule has 142 valence electrons. The highest BCUT2D eigenvalue weighted by Gasteiger charge is 2.35. The molecule has 0 radical (unpaired) electrons. The van der Waals surface area contributed by atoms with Crippen LogP contribution in [0.4, 0.5) is 16.3 Å². The molecule has 4 heterocycles. The van der Waals surface area contributed by atoms with E-state index in [1.54, 1.807) is 0 Å². The van der Waals surface area contributed by atoms with Gasteiger partial charge in [0.05, 0.1) is 17.9 Å². The number of piperazine rings is 1. The number of aromatic nitrogens is 2. The Kier molecular flexibility index (Phi) is 4.58. The van der Waals surface area contributed by atoms with Crippen molar-refractivity contribution in [3.05, 3.63) is 11.8 Å². The number of ether oxygens (including phenoxy) is 1. The smallest absolute Gasteiger partial charge is 0.407 e. The number of carboxylic acid groups (broad SMARTS) is 1. The Morgan fingerprint density at radius 1 is 1.27 bits per heavy atom. The normalized spacial score (nSPS) is 28.5. The Labute approximate surface area is 152 Å². The number of fused-ring (bicyclic) bond motifs is 2. The molecular weight excluding hydrogens is 336 g/mol. The summed E-state index contributed by atoms with van der Waals surface area (Å²) in [5.41, 5.74) is 7.61. The van der Waals surface area contributed by atoms with E-state index in [9.17, 15) is 9.90 Å². The zero-order chi connectivity index (χ0) is 18.3. The molecular formula is C17H26N6O3. The van der Waals surface area contributed by atoms with E-state index in [1.165, 1.54) is 4.90 Å². The molecule has 4 rings (SSSR count). The van der Waals surface area contributed by atoms with Crippen LogP contribution in [0, 0.1) is 0 Å². The van der Waals surface area contributed by atoms with Gasteiger partial charge in [0.1, 0.15) is 5.69 Å². The molecule has 9 heteroatoms. The van der Waals surface area contributed by atoms with E-state index in [-0.39, 0.29) is 18.2 Å². The van der Waals surface area contributed by atoms with Crippen molar-refractivity contribution < 1.29 is 14.6 Å². The number of nitrogens with zero attached hydrogens (tertiary/aromatic N) is 5. The lowest BCUT2D eigenvalue weighted by molar-refractivity contribution is 0.0301. The number of hydrogen-bond acceptors (Lipinski definition) is 7. The van der Waals surface area contributed by atoms with Gasteiger partial charge in [-0.15, -0.1) is 10.2 Å². The number of hydrogen-bond donors (Lipinski definition) is 2. The number of rotatable bonds is 3. The fraction of sp³-hybridized carbons (Fsp3) is 0.706. The molecule has 3 aliphatic rings. The highest BCUT2D eigenvalue weighted by molar-refractivity contribution is 5.66. The number of nitrogens with two attached hydrogens (primary N) is 1. The van der Waals surface area contributed by atoms with Crippen molar-refractivity contribution in [1.82, 2.24) is 15.1 Å². The number of amides is 1. The molecule has 0 aromatic carbocycles. The molecule has 3 aliphatic heterocycles. The van der Waals surface area contributed by atoms with Crippen molar-refractivity contribution in [3.63, 3.8) is 0 Å². The van der Waals surface area contributed by atoms with Crippen LogP contribution in [-0.4, -0.2) is 77.3 Å². The van der Waals surface area contributed by atoms with E-state index in [1.807, 2.05) is 6.92 Å². The summed E-state index contributed by atoms with van der Waals surface area (Å²) < 4.78 is 5.91. The van der Waals surface area contributed by atoms with Gasteiger partial charge in [0, 0.05) is 51.4 Å². The molecule has 3 atom stereocenters. The van der Waals surface area contributed by atoms with Crippen molar-refractivity contribution in [2.75, 3.05) is 42.5 Å². The topological polar surface area (TPSA) is 108 Å². The Hall–Kier alpha value is -2.13. The second-order valence-corrected chi connectivity index (χ2v) is 7.37. The predicted molar refractivity (Wildman–Crippen MR) is 96.4 cm³/mol.